The minimum atomic E-state index is -1.19. The molecule has 47 heavy (non-hydrogen) atoms. The minimum Gasteiger partial charge on any atom is -0.480 e. The van der Waals surface area contributed by atoms with Crippen molar-refractivity contribution in [2.45, 2.75) is 103 Å². The molecule has 1 saturated heterocycles. The standard InChI is InChI=1S/C31H32N2O4.C6H13NO.C2H6/c34-19-20-16-22-10-4-5-11-24(22)28-27(21-8-2-1-3-9-21)25-13-12-23(17-26(25)33(28)18-20)29(35)32-31(30(36)37)14-6-7-15-31;1-6-5-7(2)3-4-8-6;1-2/h4-5,10-13,16-17,19,21H,1-3,6-9,14-15,18H2,(H,32,35)(H,36,37);6H,3-5H2,1-2H3;1-2H3/t;6-;/m.0./s1. The molecule has 3 heterocycles. The molecule has 3 fully saturated rings. The average molecular weight is 642 g/mol. The highest BCUT2D eigenvalue weighted by atomic mass is 16.5. The summed E-state index contributed by atoms with van der Waals surface area (Å²) in [5.41, 5.74) is 5.45. The first-order chi connectivity index (χ1) is 22.8. The summed E-state index contributed by atoms with van der Waals surface area (Å²) in [6.07, 6.45) is 11.7. The van der Waals surface area contributed by atoms with Crippen LogP contribution in [0.15, 0.2) is 48.0 Å². The van der Waals surface area contributed by atoms with Crippen LogP contribution in [0.25, 0.3) is 28.2 Å². The molecule has 8 nitrogen and oxygen atoms in total. The zero-order valence-electron chi connectivity index (χ0n) is 28.5. The molecule has 3 aromatic rings. The number of benzene rings is 2. The molecule has 1 aromatic heterocycles. The van der Waals surface area contributed by atoms with E-state index in [4.69, 9.17) is 4.74 Å². The zero-order chi connectivity index (χ0) is 33.6. The molecule has 8 heteroatoms. The Labute approximate surface area is 279 Å². The number of carboxylic acids is 1. The monoisotopic (exact) mass is 641 g/mol. The maximum Gasteiger partial charge on any atom is 0.329 e. The first-order valence-corrected chi connectivity index (χ1v) is 17.6. The van der Waals surface area contributed by atoms with Gasteiger partial charge in [0, 0.05) is 40.7 Å². The summed E-state index contributed by atoms with van der Waals surface area (Å²) in [7, 11) is 2.12. The quantitative estimate of drug-likeness (QED) is 0.281. The molecule has 252 valence electrons. The smallest absolute Gasteiger partial charge is 0.329 e. The Kier molecular flexibility index (Phi) is 11.4. The second kappa shape index (κ2) is 15.4. The van der Waals surface area contributed by atoms with Gasteiger partial charge in [-0.15, -0.1) is 0 Å². The summed E-state index contributed by atoms with van der Waals surface area (Å²) < 4.78 is 7.51. The number of amides is 1. The number of hydrogen-bond donors (Lipinski definition) is 2. The fourth-order valence-corrected chi connectivity index (χ4v) is 7.77. The number of hydrogen-bond acceptors (Lipinski definition) is 5. The second-order valence-corrected chi connectivity index (χ2v) is 13.3. The zero-order valence-corrected chi connectivity index (χ0v) is 28.5. The van der Waals surface area contributed by atoms with E-state index < -0.39 is 11.5 Å². The van der Waals surface area contributed by atoms with Gasteiger partial charge in [-0.25, -0.2) is 4.79 Å². The number of ether oxygens (including phenoxy) is 1. The van der Waals surface area contributed by atoms with E-state index in [1.165, 1.54) is 24.8 Å². The Balaban J connectivity index is 0.000000376. The van der Waals surface area contributed by atoms with E-state index in [9.17, 15) is 19.5 Å². The topological polar surface area (TPSA) is 101 Å². The van der Waals surface area contributed by atoms with Crippen LogP contribution < -0.4 is 5.32 Å². The molecule has 2 aromatic carbocycles. The largest absolute Gasteiger partial charge is 0.480 e. The number of likely N-dealkylation sites (N-methyl/N-ethyl adjacent to an activating group) is 1. The number of aromatic nitrogens is 1. The number of allylic oxidation sites excluding steroid dienone is 1. The predicted octanol–water partition coefficient (Wildman–Crippen LogP) is 7.44. The van der Waals surface area contributed by atoms with E-state index >= 15 is 0 Å². The van der Waals surface area contributed by atoms with Gasteiger partial charge in [0.15, 0.2) is 0 Å². The molecule has 2 aliphatic heterocycles. The van der Waals surface area contributed by atoms with Crippen molar-refractivity contribution < 1.29 is 24.2 Å². The van der Waals surface area contributed by atoms with Crippen LogP contribution in [0.4, 0.5) is 0 Å². The molecule has 1 amide bonds. The Morgan fingerprint density at radius 3 is 2.38 bits per heavy atom. The van der Waals surface area contributed by atoms with E-state index in [-0.39, 0.29) is 5.91 Å². The SMILES string of the molecule is CC.C[C@H]1CN(C)CCO1.O=CC1=Cc2ccccc2-c2c(C3CCCCC3)c3ccc(C(=O)NC4(C(=O)O)CCCC4)cc3n2C1. The number of morpholine rings is 1. The highest BCUT2D eigenvalue weighted by Gasteiger charge is 2.43. The van der Waals surface area contributed by atoms with E-state index in [0.29, 0.717) is 42.5 Å². The molecule has 0 unspecified atom stereocenters. The highest BCUT2D eigenvalue weighted by molar-refractivity contribution is 6.03. The van der Waals surface area contributed by atoms with E-state index in [1.807, 2.05) is 50.3 Å². The molecule has 1 atom stereocenters. The number of nitrogens with one attached hydrogen (secondary N) is 1. The van der Waals surface area contributed by atoms with Crippen LogP contribution in [-0.2, 0) is 20.9 Å². The lowest BCUT2D eigenvalue weighted by molar-refractivity contribution is -0.144. The first-order valence-electron chi connectivity index (χ1n) is 17.6. The molecule has 7 rings (SSSR count). The third-order valence-corrected chi connectivity index (χ3v) is 10.1. The molecule has 0 spiro atoms. The minimum absolute atomic E-state index is 0.360. The number of rotatable bonds is 5. The van der Waals surface area contributed by atoms with Crippen molar-refractivity contribution >= 4 is 35.1 Å². The van der Waals surface area contributed by atoms with Crippen LogP contribution in [-0.4, -0.2) is 71.1 Å². The van der Waals surface area contributed by atoms with Crippen LogP contribution in [0.3, 0.4) is 0 Å². The van der Waals surface area contributed by atoms with Crippen molar-refractivity contribution in [1.29, 1.82) is 0 Å². The summed E-state index contributed by atoms with van der Waals surface area (Å²) >= 11 is 0. The lowest BCUT2D eigenvalue weighted by Crippen LogP contribution is -2.52. The van der Waals surface area contributed by atoms with Gasteiger partial charge in [-0.3, -0.25) is 9.59 Å². The van der Waals surface area contributed by atoms with Crippen molar-refractivity contribution in [3.63, 3.8) is 0 Å². The number of carbonyl (C=O) groups is 3. The van der Waals surface area contributed by atoms with E-state index in [1.54, 1.807) is 0 Å². The van der Waals surface area contributed by atoms with Crippen molar-refractivity contribution in [2.75, 3.05) is 26.7 Å². The third-order valence-electron chi connectivity index (χ3n) is 10.1. The molecule has 2 N–H and O–H groups in total. The predicted molar refractivity (Wildman–Crippen MR) is 188 cm³/mol. The average Bonchev–Trinajstić information content (AvgIpc) is 3.65. The molecule has 2 saturated carbocycles. The van der Waals surface area contributed by atoms with Crippen LogP contribution in [0.5, 0.6) is 0 Å². The highest BCUT2D eigenvalue weighted by Crippen LogP contribution is 2.46. The Morgan fingerprint density at radius 2 is 1.74 bits per heavy atom. The van der Waals surface area contributed by atoms with Gasteiger partial charge in [0.1, 0.15) is 11.8 Å². The second-order valence-electron chi connectivity index (χ2n) is 13.3. The van der Waals surface area contributed by atoms with Gasteiger partial charge in [-0.2, -0.15) is 0 Å². The number of nitrogens with zero attached hydrogens (tertiary/aromatic N) is 2. The Bertz CT molecular complexity index is 1600. The van der Waals surface area contributed by atoms with Crippen molar-refractivity contribution in [3.8, 4) is 11.3 Å². The number of carbonyl (C=O) groups excluding carboxylic acids is 2. The number of fused-ring (bicyclic) bond motifs is 5. The van der Waals surface area contributed by atoms with Gasteiger partial charge in [0.2, 0.25) is 0 Å². The number of carboxylic acid groups (broad SMARTS) is 1. The van der Waals surface area contributed by atoms with Gasteiger partial charge in [0.25, 0.3) is 5.91 Å². The summed E-state index contributed by atoms with van der Waals surface area (Å²) in [4.78, 5) is 39.7. The molecular formula is C39H51N3O5. The summed E-state index contributed by atoms with van der Waals surface area (Å²) in [5, 5.41) is 13.8. The number of aliphatic carboxylic acids is 1. The van der Waals surface area contributed by atoms with Gasteiger partial charge >= 0.3 is 5.97 Å². The third kappa shape index (κ3) is 7.39. The maximum absolute atomic E-state index is 13.4. The van der Waals surface area contributed by atoms with Crippen molar-refractivity contribution in [2.24, 2.45) is 0 Å². The van der Waals surface area contributed by atoms with Crippen molar-refractivity contribution in [3.05, 3.63) is 64.7 Å². The summed E-state index contributed by atoms with van der Waals surface area (Å²) in [5.74, 6) is -0.902. The van der Waals surface area contributed by atoms with Crippen LogP contribution in [0, 0.1) is 0 Å². The molecule has 0 radical (unpaired) electrons. The Morgan fingerprint density at radius 1 is 1.02 bits per heavy atom. The molecule has 2 aliphatic carbocycles. The lowest BCUT2D eigenvalue weighted by Gasteiger charge is -2.27. The first kappa shape index (κ1) is 34.6. The van der Waals surface area contributed by atoms with Gasteiger partial charge in [0.05, 0.1) is 24.9 Å². The van der Waals surface area contributed by atoms with E-state index in [2.05, 4.69) is 40.9 Å². The Hall–Kier alpha value is -3.75. The molecular weight excluding hydrogens is 590 g/mol. The molecule has 4 aliphatic rings. The van der Waals surface area contributed by atoms with Gasteiger partial charge in [-0.05, 0) is 74.9 Å². The van der Waals surface area contributed by atoms with Gasteiger partial charge in [-0.1, -0.05) is 76.3 Å². The summed E-state index contributed by atoms with van der Waals surface area (Å²) in [6, 6.07) is 14.0. The normalized spacial score (nSPS) is 20.7. The fourth-order valence-electron chi connectivity index (χ4n) is 7.77. The fraction of sp³-hybridized carbons (Fsp3) is 0.513. The maximum atomic E-state index is 13.4. The van der Waals surface area contributed by atoms with Crippen LogP contribution in [0.1, 0.15) is 106 Å². The number of aldehydes is 1. The summed E-state index contributed by atoms with van der Waals surface area (Å²) in [6.45, 7) is 9.61. The van der Waals surface area contributed by atoms with Crippen molar-refractivity contribution in [1.82, 2.24) is 14.8 Å². The van der Waals surface area contributed by atoms with Crippen LogP contribution in [0.2, 0.25) is 0 Å². The van der Waals surface area contributed by atoms with Gasteiger partial charge < -0.3 is 24.6 Å². The van der Waals surface area contributed by atoms with Crippen LogP contribution >= 0.6 is 0 Å². The lowest BCUT2D eigenvalue weighted by atomic mass is 9.81. The van der Waals surface area contributed by atoms with E-state index in [0.717, 1.165) is 79.4 Å². The molecule has 0 bridgehead atoms.